The Morgan fingerprint density at radius 2 is 1.69 bits per heavy atom. The van der Waals surface area contributed by atoms with Crippen molar-refractivity contribution in [1.29, 1.82) is 0 Å². The lowest BCUT2D eigenvalue weighted by atomic mass is 10.1. The Morgan fingerprint density at radius 3 is 2.37 bits per heavy atom. The van der Waals surface area contributed by atoms with Crippen LogP contribution in [0.1, 0.15) is 22.8 Å². The van der Waals surface area contributed by atoms with E-state index in [1.807, 2.05) is 86.0 Å². The zero-order chi connectivity index (χ0) is 24.8. The molecule has 3 aromatic carbocycles. The second kappa shape index (κ2) is 11.2. The number of benzene rings is 3. The highest BCUT2D eigenvalue weighted by Gasteiger charge is 2.17. The zero-order valence-electron chi connectivity index (χ0n) is 19.6. The molecule has 0 bridgehead atoms. The Kier molecular flexibility index (Phi) is 7.84. The van der Waals surface area contributed by atoms with E-state index in [0.717, 1.165) is 27.5 Å². The minimum Gasteiger partial charge on any atom is -0.497 e. The summed E-state index contributed by atoms with van der Waals surface area (Å²) >= 11 is 2.83. The van der Waals surface area contributed by atoms with E-state index >= 15 is 0 Å². The molecule has 0 spiro atoms. The molecule has 0 aliphatic carbocycles. The first-order valence-electron chi connectivity index (χ1n) is 11.0. The lowest BCUT2D eigenvalue weighted by molar-refractivity contribution is -0.115. The Balaban J connectivity index is 1.32. The topological polar surface area (TPSA) is 80.3 Å². The highest BCUT2D eigenvalue weighted by Crippen LogP contribution is 2.29. The summed E-state index contributed by atoms with van der Waals surface area (Å²) in [4.78, 5) is 30.7. The van der Waals surface area contributed by atoms with Crippen LogP contribution in [0, 0.1) is 6.92 Å². The van der Waals surface area contributed by atoms with Gasteiger partial charge >= 0.3 is 0 Å². The van der Waals surface area contributed by atoms with Gasteiger partial charge in [0.25, 0.3) is 5.91 Å². The van der Waals surface area contributed by atoms with Crippen LogP contribution in [-0.2, 0) is 4.79 Å². The zero-order valence-corrected chi connectivity index (χ0v) is 21.2. The van der Waals surface area contributed by atoms with Gasteiger partial charge in [-0.1, -0.05) is 18.2 Å². The van der Waals surface area contributed by atoms with Gasteiger partial charge in [-0.3, -0.25) is 9.59 Å². The van der Waals surface area contributed by atoms with Crippen molar-refractivity contribution in [3.8, 4) is 17.0 Å². The highest BCUT2D eigenvalue weighted by molar-refractivity contribution is 8.00. The van der Waals surface area contributed by atoms with Crippen LogP contribution in [0.5, 0.6) is 5.75 Å². The molecule has 0 aliphatic heterocycles. The van der Waals surface area contributed by atoms with E-state index < -0.39 is 0 Å². The Bertz CT molecular complexity index is 1320. The van der Waals surface area contributed by atoms with E-state index in [0.29, 0.717) is 16.4 Å². The predicted octanol–water partition coefficient (Wildman–Crippen LogP) is 6.50. The number of carbonyl (C=O) groups is 2. The van der Waals surface area contributed by atoms with Crippen LogP contribution in [0.2, 0.25) is 0 Å². The number of hydrogen-bond donors (Lipinski definition) is 2. The van der Waals surface area contributed by atoms with Crippen LogP contribution >= 0.6 is 23.1 Å². The van der Waals surface area contributed by atoms with Crippen LogP contribution in [0.3, 0.4) is 0 Å². The number of thiazole rings is 1. The molecule has 2 amide bonds. The minimum absolute atomic E-state index is 0.123. The fraction of sp³-hybridized carbons (Fsp3) is 0.148. The summed E-state index contributed by atoms with van der Waals surface area (Å²) in [5, 5.41) is 7.97. The van der Waals surface area contributed by atoms with Crippen molar-refractivity contribution in [1.82, 2.24) is 4.98 Å². The van der Waals surface area contributed by atoms with Gasteiger partial charge in [0.15, 0.2) is 5.13 Å². The van der Waals surface area contributed by atoms with Gasteiger partial charge < -0.3 is 15.4 Å². The minimum atomic E-state index is -0.323. The van der Waals surface area contributed by atoms with Crippen molar-refractivity contribution in [3.63, 3.8) is 0 Å². The first kappa shape index (κ1) is 24.5. The molecule has 0 radical (unpaired) electrons. The normalized spacial score (nSPS) is 11.5. The van der Waals surface area contributed by atoms with Crippen molar-refractivity contribution in [2.24, 2.45) is 0 Å². The third-order valence-electron chi connectivity index (χ3n) is 5.30. The monoisotopic (exact) mass is 503 g/mol. The molecule has 35 heavy (non-hydrogen) atoms. The van der Waals surface area contributed by atoms with Gasteiger partial charge in [0, 0.05) is 27.1 Å². The largest absolute Gasteiger partial charge is 0.497 e. The molecule has 1 atom stereocenters. The van der Waals surface area contributed by atoms with Gasteiger partial charge in [-0.25, -0.2) is 4.98 Å². The number of hydrogen-bond acceptors (Lipinski definition) is 6. The number of aromatic nitrogens is 1. The Morgan fingerprint density at radius 1 is 0.971 bits per heavy atom. The molecule has 8 heteroatoms. The Hall–Kier alpha value is -3.62. The molecular weight excluding hydrogens is 478 g/mol. The van der Waals surface area contributed by atoms with Crippen LogP contribution < -0.4 is 15.4 Å². The summed E-state index contributed by atoms with van der Waals surface area (Å²) in [5.74, 6) is 0.515. The standard InChI is InChI=1S/C27H25N3O3S2/c1-17-6-4-5-7-23(17)26(32)28-20-10-14-22(15-11-20)35-18(2)25(31)30-27-29-24(16-34-27)19-8-12-21(33-3)13-9-19/h4-16,18H,1-3H3,(H,28,32)(H,29,30,31). The number of nitrogens with zero attached hydrogens (tertiary/aromatic N) is 1. The summed E-state index contributed by atoms with van der Waals surface area (Å²) in [6, 6.07) is 22.6. The summed E-state index contributed by atoms with van der Waals surface area (Å²) in [7, 11) is 1.63. The third kappa shape index (κ3) is 6.29. The van der Waals surface area contributed by atoms with Gasteiger partial charge in [-0.2, -0.15) is 0 Å². The van der Waals surface area contributed by atoms with Crippen LogP contribution in [0.25, 0.3) is 11.3 Å². The molecule has 0 saturated carbocycles. The SMILES string of the molecule is COc1ccc(-c2csc(NC(=O)C(C)Sc3ccc(NC(=O)c4ccccc4C)cc3)n2)cc1. The number of nitrogens with one attached hydrogen (secondary N) is 2. The van der Waals surface area contributed by atoms with Crippen molar-refractivity contribution >= 4 is 45.7 Å². The number of amides is 2. The van der Waals surface area contributed by atoms with Gasteiger partial charge in [0.1, 0.15) is 5.75 Å². The van der Waals surface area contributed by atoms with Crippen molar-refractivity contribution < 1.29 is 14.3 Å². The predicted molar refractivity (Wildman–Crippen MR) is 144 cm³/mol. The lowest BCUT2D eigenvalue weighted by Gasteiger charge is -2.12. The van der Waals surface area contributed by atoms with E-state index in [-0.39, 0.29) is 17.1 Å². The van der Waals surface area contributed by atoms with E-state index in [2.05, 4.69) is 15.6 Å². The fourth-order valence-electron chi connectivity index (χ4n) is 3.33. The number of methoxy groups -OCH3 is 1. The molecule has 0 saturated heterocycles. The fourth-order valence-corrected chi connectivity index (χ4v) is 4.92. The highest BCUT2D eigenvalue weighted by atomic mass is 32.2. The number of carbonyl (C=O) groups excluding carboxylic acids is 2. The molecule has 1 unspecified atom stereocenters. The second-order valence-electron chi connectivity index (χ2n) is 7.81. The number of rotatable bonds is 8. The number of thioether (sulfide) groups is 1. The molecule has 1 heterocycles. The maximum Gasteiger partial charge on any atom is 0.255 e. The molecule has 1 aromatic heterocycles. The quantitative estimate of drug-likeness (QED) is 0.268. The number of aryl methyl sites for hydroxylation is 1. The first-order chi connectivity index (χ1) is 16.9. The van der Waals surface area contributed by atoms with Crippen molar-refractivity contribution in [2.45, 2.75) is 24.0 Å². The molecule has 178 valence electrons. The van der Waals surface area contributed by atoms with Crippen molar-refractivity contribution in [3.05, 3.63) is 89.3 Å². The second-order valence-corrected chi connectivity index (χ2v) is 10.1. The van der Waals surface area contributed by atoms with Gasteiger partial charge in [-0.15, -0.1) is 23.1 Å². The summed E-state index contributed by atoms with van der Waals surface area (Å²) in [6.45, 7) is 3.76. The summed E-state index contributed by atoms with van der Waals surface area (Å²) < 4.78 is 5.19. The van der Waals surface area contributed by atoms with E-state index in [1.165, 1.54) is 23.1 Å². The van der Waals surface area contributed by atoms with Crippen LogP contribution in [0.15, 0.2) is 83.1 Å². The molecule has 0 fully saturated rings. The molecule has 4 rings (SSSR count). The smallest absolute Gasteiger partial charge is 0.255 e. The van der Waals surface area contributed by atoms with Gasteiger partial charge in [-0.05, 0) is 74.0 Å². The molecule has 0 aliphatic rings. The first-order valence-corrected chi connectivity index (χ1v) is 12.7. The molecule has 2 N–H and O–H groups in total. The maximum absolute atomic E-state index is 12.7. The number of ether oxygens (including phenoxy) is 1. The lowest BCUT2D eigenvalue weighted by Crippen LogP contribution is -2.22. The van der Waals surface area contributed by atoms with E-state index in [9.17, 15) is 9.59 Å². The van der Waals surface area contributed by atoms with E-state index in [4.69, 9.17) is 4.74 Å². The average Bonchev–Trinajstić information content (AvgIpc) is 3.34. The van der Waals surface area contributed by atoms with Crippen molar-refractivity contribution in [2.75, 3.05) is 17.7 Å². The number of anilines is 2. The van der Waals surface area contributed by atoms with E-state index in [1.54, 1.807) is 13.2 Å². The molecule has 6 nitrogen and oxygen atoms in total. The maximum atomic E-state index is 12.7. The van der Waals surface area contributed by atoms with Crippen LogP contribution in [-0.4, -0.2) is 29.2 Å². The average molecular weight is 504 g/mol. The third-order valence-corrected chi connectivity index (χ3v) is 7.17. The molecule has 4 aromatic rings. The van der Waals surface area contributed by atoms with Gasteiger partial charge in [0.2, 0.25) is 5.91 Å². The van der Waals surface area contributed by atoms with Gasteiger partial charge in [0.05, 0.1) is 18.1 Å². The summed E-state index contributed by atoms with van der Waals surface area (Å²) in [6.07, 6.45) is 0. The molecular formula is C27H25N3O3S2. The Labute approximate surface area is 212 Å². The van der Waals surface area contributed by atoms with Crippen LogP contribution in [0.4, 0.5) is 10.8 Å². The summed E-state index contributed by atoms with van der Waals surface area (Å²) in [5.41, 5.74) is 4.03.